The molecular weight excluding hydrogens is 568 g/mol. The number of carbonyl (C=O) groups excluding carboxylic acids is 1. The van der Waals surface area contributed by atoms with Gasteiger partial charge in [-0.15, -0.1) is 12.4 Å². The summed E-state index contributed by atoms with van der Waals surface area (Å²) in [5.74, 6) is 0.0109. The van der Waals surface area contributed by atoms with Crippen molar-refractivity contribution in [1.29, 1.82) is 0 Å². The summed E-state index contributed by atoms with van der Waals surface area (Å²) < 4.78 is 52.4. The van der Waals surface area contributed by atoms with Gasteiger partial charge in [-0.25, -0.2) is 21.8 Å². The Kier molecular flexibility index (Phi) is 9.59. The average molecular weight is 601 g/mol. The van der Waals surface area contributed by atoms with Crippen LogP contribution in [0.1, 0.15) is 30.1 Å². The smallest absolute Gasteiger partial charge is 0.260 e. The van der Waals surface area contributed by atoms with Crippen LogP contribution in [0.15, 0.2) is 52.3 Å². The minimum atomic E-state index is -3.62. The van der Waals surface area contributed by atoms with Gasteiger partial charge in [0, 0.05) is 38.0 Å². The van der Waals surface area contributed by atoms with Crippen LogP contribution in [-0.4, -0.2) is 83.5 Å². The molecule has 1 aliphatic rings. The number of benzene rings is 2. The summed E-state index contributed by atoms with van der Waals surface area (Å²) in [6.45, 7) is 3.99. The number of sulfone groups is 1. The highest BCUT2D eigenvalue weighted by Crippen LogP contribution is 2.32. The highest BCUT2D eigenvalue weighted by Gasteiger charge is 2.29. The molecule has 1 unspecified atom stereocenters. The van der Waals surface area contributed by atoms with Crippen molar-refractivity contribution in [3.63, 3.8) is 0 Å². The molecular formula is C25H33ClN4O5S3. The summed E-state index contributed by atoms with van der Waals surface area (Å²) in [7, 11) is -3.19. The Morgan fingerprint density at radius 1 is 1.05 bits per heavy atom. The zero-order valence-electron chi connectivity index (χ0n) is 21.8. The largest absolute Gasteiger partial charge is 0.308 e. The summed E-state index contributed by atoms with van der Waals surface area (Å²) in [5.41, 5.74) is 0.952. The molecule has 1 aromatic heterocycles. The Balaban J connectivity index is 0.00000400. The minimum Gasteiger partial charge on any atom is -0.308 e. The lowest BCUT2D eigenvalue weighted by Gasteiger charge is -2.30. The zero-order valence-corrected chi connectivity index (χ0v) is 25.1. The Labute approximate surface area is 234 Å². The van der Waals surface area contributed by atoms with Crippen LogP contribution in [0.5, 0.6) is 0 Å². The molecule has 1 fully saturated rings. The van der Waals surface area contributed by atoms with Crippen molar-refractivity contribution < 1.29 is 21.6 Å². The fourth-order valence-corrected chi connectivity index (χ4v) is 7.61. The molecule has 4 rings (SSSR count). The molecule has 0 saturated carbocycles. The lowest BCUT2D eigenvalue weighted by atomic mass is 10.0. The van der Waals surface area contributed by atoms with Gasteiger partial charge in [-0.3, -0.25) is 9.69 Å². The molecule has 0 aliphatic carbocycles. The third-order valence-corrected chi connectivity index (χ3v) is 10.4. The number of hydrogen-bond donors (Lipinski definition) is 0. The maximum absolute atomic E-state index is 13.6. The van der Waals surface area contributed by atoms with Crippen LogP contribution < -0.4 is 4.90 Å². The van der Waals surface area contributed by atoms with Crippen molar-refractivity contribution in [2.45, 2.75) is 29.6 Å². The summed E-state index contributed by atoms with van der Waals surface area (Å²) in [6.07, 6.45) is 3.01. The van der Waals surface area contributed by atoms with Crippen LogP contribution >= 0.6 is 23.7 Å². The molecule has 0 bridgehead atoms. The highest BCUT2D eigenvalue weighted by molar-refractivity contribution is 7.90. The number of carbonyl (C=O) groups is 1. The fraction of sp³-hybridized carbons (Fsp3) is 0.440. The molecule has 1 aliphatic heterocycles. The molecule has 1 amide bonds. The molecule has 38 heavy (non-hydrogen) atoms. The third-order valence-electron chi connectivity index (χ3n) is 6.38. The summed E-state index contributed by atoms with van der Waals surface area (Å²) >= 11 is 1.25. The second-order valence-electron chi connectivity index (χ2n) is 9.79. The van der Waals surface area contributed by atoms with Gasteiger partial charge in [0.25, 0.3) is 5.91 Å². The lowest BCUT2D eigenvalue weighted by molar-refractivity contribution is 0.0985. The first-order valence-corrected chi connectivity index (χ1v) is 16.2. The summed E-state index contributed by atoms with van der Waals surface area (Å²) in [4.78, 5) is 22.1. The number of fused-ring (bicyclic) bond motifs is 1. The van der Waals surface area contributed by atoms with Gasteiger partial charge < -0.3 is 4.90 Å². The number of aromatic nitrogens is 1. The van der Waals surface area contributed by atoms with Crippen LogP contribution in [-0.2, 0) is 19.9 Å². The van der Waals surface area contributed by atoms with E-state index in [2.05, 4.69) is 11.9 Å². The predicted molar refractivity (Wildman–Crippen MR) is 154 cm³/mol. The van der Waals surface area contributed by atoms with Crippen LogP contribution in [0.25, 0.3) is 10.2 Å². The summed E-state index contributed by atoms with van der Waals surface area (Å²) in [6, 6.07) is 10.8. The zero-order chi connectivity index (χ0) is 27.0. The first-order chi connectivity index (χ1) is 17.4. The number of thiazole rings is 1. The number of anilines is 1. The lowest BCUT2D eigenvalue weighted by Crippen LogP contribution is -2.39. The van der Waals surface area contributed by atoms with E-state index in [4.69, 9.17) is 0 Å². The Morgan fingerprint density at radius 2 is 1.71 bits per heavy atom. The number of amides is 1. The Bertz CT molecular complexity index is 1510. The third kappa shape index (κ3) is 6.72. The second-order valence-corrected chi connectivity index (χ2v) is 14.8. The number of piperidine rings is 1. The van der Waals surface area contributed by atoms with Gasteiger partial charge in [-0.2, -0.15) is 4.31 Å². The topological polar surface area (TPSA) is 108 Å². The van der Waals surface area contributed by atoms with Crippen molar-refractivity contribution >= 4 is 64.9 Å². The van der Waals surface area contributed by atoms with Gasteiger partial charge in [0.05, 0.1) is 20.0 Å². The van der Waals surface area contributed by atoms with Gasteiger partial charge in [-0.1, -0.05) is 18.3 Å². The Hall–Kier alpha value is -2.09. The van der Waals surface area contributed by atoms with Gasteiger partial charge in [0.1, 0.15) is 0 Å². The van der Waals surface area contributed by atoms with E-state index in [1.165, 1.54) is 33.8 Å². The Morgan fingerprint density at radius 3 is 2.32 bits per heavy atom. The predicted octanol–water partition coefficient (Wildman–Crippen LogP) is 3.75. The number of nitrogens with zero attached hydrogens (tertiary/aromatic N) is 4. The van der Waals surface area contributed by atoms with E-state index < -0.39 is 19.9 Å². The molecule has 0 N–H and O–H groups in total. The maximum atomic E-state index is 13.6. The molecule has 208 valence electrons. The molecule has 9 nitrogen and oxygen atoms in total. The number of halogens is 1. The summed E-state index contributed by atoms with van der Waals surface area (Å²) in [5, 5.41) is 0.450. The van der Waals surface area contributed by atoms with E-state index in [1.54, 1.807) is 29.2 Å². The maximum Gasteiger partial charge on any atom is 0.260 e. The molecule has 13 heteroatoms. The van der Waals surface area contributed by atoms with E-state index in [-0.39, 0.29) is 28.1 Å². The van der Waals surface area contributed by atoms with Gasteiger partial charge in [0.15, 0.2) is 15.0 Å². The normalized spacial score (nSPS) is 16.9. The number of hydrogen-bond acceptors (Lipinski definition) is 8. The van der Waals surface area contributed by atoms with Gasteiger partial charge in [0.2, 0.25) is 10.0 Å². The minimum absolute atomic E-state index is 0. The van der Waals surface area contributed by atoms with Crippen LogP contribution in [0.2, 0.25) is 0 Å². The number of rotatable bonds is 8. The molecule has 0 spiro atoms. The van der Waals surface area contributed by atoms with E-state index >= 15 is 0 Å². The molecule has 2 heterocycles. The van der Waals surface area contributed by atoms with Crippen molar-refractivity contribution in [3.05, 3.63) is 48.0 Å². The monoisotopic (exact) mass is 600 g/mol. The van der Waals surface area contributed by atoms with Crippen molar-refractivity contribution in [3.8, 4) is 0 Å². The second kappa shape index (κ2) is 12.0. The molecule has 0 radical (unpaired) electrons. The van der Waals surface area contributed by atoms with E-state index in [0.717, 1.165) is 19.1 Å². The standard InChI is InChI=1S/C25H32N4O5S3.ClH/c1-18-6-5-13-28(17-18)37(33,34)20-9-7-19(8-10-20)24(30)29(15-14-27(2)3)25-26-22-12-11-21(36(4,31)32)16-23(22)35-25;/h7-12,16,18H,5-6,13-15,17H2,1-4H3;1H. The molecule has 2 aromatic carbocycles. The van der Waals surface area contributed by atoms with E-state index in [0.29, 0.717) is 53.0 Å². The first kappa shape index (κ1) is 30.5. The van der Waals surface area contributed by atoms with Crippen molar-refractivity contribution in [2.24, 2.45) is 5.92 Å². The van der Waals surface area contributed by atoms with Gasteiger partial charge >= 0.3 is 0 Å². The fourth-order valence-electron chi connectivity index (χ4n) is 4.26. The molecule has 1 atom stereocenters. The SMILES string of the molecule is CC1CCCN(S(=O)(=O)c2ccc(C(=O)N(CCN(C)C)c3nc4ccc(S(C)(=O)=O)cc4s3)cc2)C1.Cl. The van der Waals surface area contributed by atoms with Crippen LogP contribution in [0.4, 0.5) is 5.13 Å². The van der Waals surface area contributed by atoms with Crippen molar-refractivity contribution in [1.82, 2.24) is 14.2 Å². The van der Waals surface area contributed by atoms with Gasteiger partial charge in [-0.05, 0) is 75.3 Å². The van der Waals surface area contributed by atoms with E-state index in [1.807, 2.05) is 19.0 Å². The average Bonchev–Trinajstić information content (AvgIpc) is 3.26. The first-order valence-electron chi connectivity index (χ1n) is 12.0. The van der Waals surface area contributed by atoms with E-state index in [9.17, 15) is 21.6 Å². The molecule has 1 saturated heterocycles. The quantitative estimate of drug-likeness (QED) is 0.387. The van der Waals surface area contributed by atoms with Crippen LogP contribution in [0, 0.1) is 5.92 Å². The van der Waals surface area contributed by atoms with Crippen LogP contribution in [0.3, 0.4) is 0 Å². The molecule has 3 aromatic rings. The highest BCUT2D eigenvalue weighted by atomic mass is 35.5. The van der Waals surface area contributed by atoms with Crippen molar-refractivity contribution in [2.75, 3.05) is 51.4 Å². The number of sulfonamides is 1. The number of likely N-dealkylation sites (N-methyl/N-ethyl adjacent to an activating group) is 1.